The molecule has 0 spiro atoms. The number of hydrogen-bond acceptors (Lipinski definition) is 7. The Morgan fingerprint density at radius 1 is 1.15 bits per heavy atom. The lowest BCUT2D eigenvalue weighted by atomic mass is 9.95. The van der Waals surface area contributed by atoms with Gasteiger partial charge in [-0.3, -0.25) is 9.82 Å². The predicted octanol–water partition coefficient (Wildman–Crippen LogP) is 4.73. The van der Waals surface area contributed by atoms with Crippen molar-refractivity contribution in [1.82, 2.24) is 20.2 Å². The number of amides is 1. The molecule has 0 radical (unpaired) electrons. The van der Waals surface area contributed by atoms with Gasteiger partial charge in [-0.1, -0.05) is 29.4 Å². The molecule has 1 aromatic carbocycles. The number of halogens is 3. The first kappa shape index (κ1) is 22.7. The highest BCUT2D eigenvalue weighted by molar-refractivity contribution is 5.66. The minimum Gasteiger partial charge on any atom is -0.443 e. The summed E-state index contributed by atoms with van der Waals surface area (Å²) in [6, 6.07) is 8.31. The number of pyridine rings is 1. The fourth-order valence-electron chi connectivity index (χ4n) is 3.52. The average molecular weight is 462 g/mol. The molecular formula is C22H21F3N4O4. The van der Waals surface area contributed by atoms with E-state index in [0.717, 1.165) is 42.0 Å². The highest BCUT2D eigenvalue weighted by Gasteiger charge is 2.38. The van der Waals surface area contributed by atoms with Crippen molar-refractivity contribution in [3.63, 3.8) is 0 Å². The third-order valence-electron chi connectivity index (χ3n) is 5.22. The summed E-state index contributed by atoms with van der Waals surface area (Å²) in [4.78, 5) is 25.4. The molecule has 1 aliphatic rings. The minimum absolute atomic E-state index is 0.0667. The Morgan fingerprint density at radius 2 is 1.91 bits per heavy atom. The second-order valence-electron chi connectivity index (χ2n) is 7.55. The topological polar surface area (TPSA) is 90.6 Å². The van der Waals surface area contributed by atoms with E-state index in [0.29, 0.717) is 11.1 Å². The molecule has 0 aliphatic heterocycles. The summed E-state index contributed by atoms with van der Waals surface area (Å²) in [5.41, 5.74) is 4.11. The van der Waals surface area contributed by atoms with Gasteiger partial charge in [0.05, 0.1) is 13.7 Å². The summed E-state index contributed by atoms with van der Waals surface area (Å²) in [6.07, 6.45) is 0.557. The summed E-state index contributed by atoms with van der Waals surface area (Å²) in [5.74, 6) is -1.60. The average Bonchev–Trinajstić information content (AvgIpc) is 3.32. The largest absolute Gasteiger partial charge is 0.471 e. The summed E-state index contributed by atoms with van der Waals surface area (Å²) in [5, 5.41) is 4.39. The molecule has 174 valence electrons. The van der Waals surface area contributed by atoms with Crippen LogP contribution in [-0.4, -0.2) is 33.4 Å². The van der Waals surface area contributed by atoms with Crippen LogP contribution >= 0.6 is 0 Å². The van der Waals surface area contributed by atoms with Crippen molar-refractivity contribution in [2.75, 3.05) is 7.11 Å². The van der Waals surface area contributed by atoms with Crippen molar-refractivity contribution >= 4 is 6.09 Å². The van der Waals surface area contributed by atoms with Crippen LogP contribution in [0, 0.1) is 0 Å². The van der Waals surface area contributed by atoms with Crippen molar-refractivity contribution in [2.24, 2.45) is 0 Å². The third kappa shape index (κ3) is 5.48. The zero-order chi connectivity index (χ0) is 23.4. The quantitative estimate of drug-likeness (QED) is 0.489. The number of benzene rings is 1. The summed E-state index contributed by atoms with van der Waals surface area (Å²) in [7, 11) is 1.34. The van der Waals surface area contributed by atoms with Gasteiger partial charge in [0.25, 0.3) is 0 Å². The summed E-state index contributed by atoms with van der Waals surface area (Å²) in [6.45, 7) is 0.134. The number of hydroxylamine groups is 2. The number of carbonyl (C=O) groups excluding carboxylic acids is 1. The number of alkyl halides is 3. The normalized spacial score (nSPS) is 13.5. The maximum Gasteiger partial charge on any atom is 0.471 e. The highest BCUT2D eigenvalue weighted by atomic mass is 19.4. The monoisotopic (exact) mass is 462 g/mol. The van der Waals surface area contributed by atoms with Gasteiger partial charge in [0.1, 0.15) is 6.61 Å². The first-order valence-electron chi connectivity index (χ1n) is 10.3. The van der Waals surface area contributed by atoms with Crippen LogP contribution in [0.15, 0.2) is 41.1 Å². The van der Waals surface area contributed by atoms with Crippen LogP contribution in [0.25, 0.3) is 11.4 Å². The molecule has 2 heterocycles. The van der Waals surface area contributed by atoms with Gasteiger partial charge in [-0.25, -0.2) is 4.79 Å². The zero-order valence-corrected chi connectivity index (χ0v) is 17.8. The summed E-state index contributed by atoms with van der Waals surface area (Å²) >= 11 is 0. The lowest BCUT2D eigenvalue weighted by Gasteiger charge is -2.20. The first-order chi connectivity index (χ1) is 15.8. The lowest BCUT2D eigenvalue weighted by molar-refractivity contribution is -0.159. The predicted molar refractivity (Wildman–Crippen MR) is 108 cm³/mol. The molecule has 4 rings (SSSR count). The minimum atomic E-state index is -4.71. The third-order valence-corrected chi connectivity index (χ3v) is 5.22. The second kappa shape index (κ2) is 9.57. The fraction of sp³-hybridized carbons (Fsp3) is 0.364. The van der Waals surface area contributed by atoms with E-state index in [-0.39, 0.29) is 19.0 Å². The number of aryl methyl sites for hydroxylation is 2. The molecule has 3 aromatic rings. The molecule has 1 aliphatic carbocycles. The zero-order valence-electron chi connectivity index (χ0n) is 17.8. The Kier molecular flexibility index (Phi) is 6.59. The number of aromatic nitrogens is 3. The molecule has 2 aromatic heterocycles. The molecule has 0 unspecified atom stereocenters. The molecule has 1 amide bonds. The molecule has 11 heteroatoms. The lowest BCUT2D eigenvalue weighted by Crippen LogP contribution is -2.30. The van der Waals surface area contributed by atoms with E-state index in [1.54, 1.807) is 18.3 Å². The smallest absolute Gasteiger partial charge is 0.443 e. The number of rotatable bonds is 6. The van der Waals surface area contributed by atoms with Crippen LogP contribution in [0.2, 0.25) is 0 Å². The van der Waals surface area contributed by atoms with Crippen molar-refractivity contribution in [2.45, 2.75) is 45.0 Å². The van der Waals surface area contributed by atoms with Gasteiger partial charge in [-0.2, -0.15) is 23.2 Å². The Balaban J connectivity index is 1.35. The maximum atomic E-state index is 12.6. The molecule has 0 saturated carbocycles. The van der Waals surface area contributed by atoms with Gasteiger partial charge < -0.3 is 9.26 Å². The van der Waals surface area contributed by atoms with Gasteiger partial charge >= 0.3 is 18.2 Å². The Morgan fingerprint density at radius 3 is 2.61 bits per heavy atom. The van der Waals surface area contributed by atoms with Gasteiger partial charge in [-0.05, 0) is 42.9 Å². The van der Waals surface area contributed by atoms with Crippen molar-refractivity contribution < 1.29 is 32.1 Å². The SMILES string of the molecule is CON(Cc1ccc(-c2noc(C(F)(F)F)n2)cc1)C(=O)OCc1cnc2c(c1)CCCC2. The van der Waals surface area contributed by atoms with E-state index in [1.165, 1.54) is 24.8 Å². The molecule has 0 bridgehead atoms. The summed E-state index contributed by atoms with van der Waals surface area (Å²) < 4.78 is 47.5. The van der Waals surface area contributed by atoms with E-state index >= 15 is 0 Å². The Labute approximate surface area is 187 Å². The van der Waals surface area contributed by atoms with E-state index in [9.17, 15) is 18.0 Å². The number of carbonyl (C=O) groups is 1. The number of hydrogen-bond donors (Lipinski definition) is 0. The van der Waals surface area contributed by atoms with Crippen LogP contribution in [0.4, 0.5) is 18.0 Å². The van der Waals surface area contributed by atoms with E-state index in [1.807, 2.05) is 6.07 Å². The number of fused-ring (bicyclic) bond motifs is 1. The van der Waals surface area contributed by atoms with Crippen LogP contribution in [0.5, 0.6) is 0 Å². The second-order valence-corrected chi connectivity index (χ2v) is 7.55. The van der Waals surface area contributed by atoms with E-state index in [4.69, 9.17) is 9.57 Å². The molecule has 8 nitrogen and oxygen atoms in total. The van der Waals surface area contributed by atoms with Crippen molar-refractivity contribution in [3.8, 4) is 11.4 Å². The Bertz CT molecular complexity index is 1120. The van der Waals surface area contributed by atoms with E-state index < -0.39 is 18.2 Å². The molecule has 0 saturated heterocycles. The van der Waals surface area contributed by atoms with Crippen molar-refractivity contribution in [3.05, 3.63) is 64.8 Å². The number of ether oxygens (including phenoxy) is 1. The first-order valence-corrected chi connectivity index (χ1v) is 10.3. The van der Waals surface area contributed by atoms with E-state index in [2.05, 4.69) is 19.6 Å². The number of nitrogens with zero attached hydrogens (tertiary/aromatic N) is 4. The van der Waals surface area contributed by atoms with Crippen LogP contribution in [-0.2, 0) is 41.7 Å². The molecule has 0 N–H and O–H groups in total. The van der Waals surface area contributed by atoms with Gasteiger partial charge in [0.15, 0.2) is 0 Å². The Hall–Kier alpha value is -3.47. The van der Waals surface area contributed by atoms with Gasteiger partial charge in [0, 0.05) is 23.0 Å². The van der Waals surface area contributed by atoms with Crippen LogP contribution in [0.1, 0.15) is 41.1 Å². The fourth-order valence-corrected chi connectivity index (χ4v) is 3.52. The van der Waals surface area contributed by atoms with Gasteiger partial charge in [-0.15, -0.1) is 0 Å². The molecule has 33 heavy (non-hydrogen) atoms. The molecule has 0 fully saturated rings. The van der Waals surface area contributed by atoms with Gasteiger partial charge in [0.2, 0.25) is 5.82 Å². The highest BCUT2D eigenvalue weighted by Crippen LogP contribution is 2.29. The van der Waals surface area contributed by atoms with Crippen LogP contribution in [0.3, 0.4) is 0 Å². The maximum absolute atomic E-state index is 12.6. The molecular weight excluding hydrogens is 441 g/mol. The van der Waals surface area contributed by atoms with Crippen LogP contribution < -0.4 is 0 Å². The molecule has 0 atom stereocenters. The van der Waals surface area contributed by atoms with Crippen molar-refractivity contribution in [1.29, 1.82) is 0 Å². The standard InChI is InChI=1S/C22H21F3N4O4/c1-31-29(21(30)32-13-15-10-17-4-2-3-5-18(17)26-11-15)12-14-6-8-16(9-7-14)19-27-20(33-28-19)22(23,24)25/h6-11H,2-5,12-13H2,1H3.